The second-order valence-electron chi connectivity index (χ2n) is 7.21. The summed E-state index contributed by atoms with van der Waals surface area (Å²) in [5, 5.41) is 2.80. The van der Waals surface area contributed by atoms with Crippen LogP contribution in [-0.4, -0.2) is 40.1 Å². The smallest absolute Gasteiger partial charge is 0.339 e. The van der Waals surface area contributed by atoms with Crippen molar-refractivity contribution in [3.8, 4) is 5.75 Å². The fourth-order valence-corrected chi connectivity index (χ4v) is 4.83. The van der Waals surface area contributed by atoms with Gasteiger partial charge in [-0.2, -0.15) is 0 Å². The number of esters is 1. The minimum absolute atomic E-state index is 0.00805. The van der Waals surface area contributed by atoms with Gasteiger partial charge in [-0.3, -0.25) is 9.10 Å². The van der Waals surface area contributed by atoms with Crippen LogP contribution >= 0.6 is 11.6 Å². The van der Waals surface area contributed by atoms with Crippen LogP contribution in [0.1, 0.15) is 24.2 Å². The number of benzene rings is 3. The SMILES string of the molecule is CCOC(=O)c1cc(NC(=O)CN(c2ccccc2)S(=O)(=O)c2ccc(OCC)cc2)ccc1Cl. The molecule has 0 fully saturated rings. The maximum absolute atomic E-state index is 13.5. The van der Waals surface area contributed by atoms with Crippen LogP contribution in [0.25, 0.3) is 0 Å². The molecular weight excluding hydrogens is 492 g/mol. The summed E-state index contributed by atoms with van der Waals surface area (Å²) in [6.07, 6.45) is 0. The van der Waals surface area contributed by atoms with Gasteiger partial charge in [-0.15, -0.1) is 0 Å². The zero-order valence-electron chi connectivity index (χ0n) is 19.2. The van der Waals surface area contributed by atoms with Crippen molar-refractivity contribution in [3.05, 3.63) is 83.4 Å². The van der Waals surface area contributed by atoms with Gasteiger partial charge in [-0.1, -0.05) is 29.8 Å². The number of nitrogens with one attached hydrogen (secondary N) is 1. The van der Waals surface area contributed by atoms with E-state index in [0.29, 0.717) is 18.0 Å². The van der Waals surface area contributed by atoms with E-state index in [4.69, 9.17) is 21.1 Å². The third-order valence-corrected chi connectivity index (χ3v) is 6.92. The number of carbonyl (C=O) groups is 2. The summed E-state index contributed by atoms with van der Waals surface area (Å²) in [6, 6.07) is 18.6. The fourth-order valence-electron chi connectivity index (χ4n) is 3.21. The number of halogens is 1. The van der Waals surface area contributed by atoms with Gasteiger partial charge in [0, 0.05) is 5.69 Å². The molecule has 3 aromatic carbocycles. The van der Waals surface area contributed by atoms with E-state index in [1.807, 2.05) is 6.92 Å². The Labute approximate surface area is 209 Å². The number of hydrogen-bond donors (Lipinski definition) is 1. The first kappa shape index (κ1) is 26.1. The summed E-state index contributed by atoms with van der Waals surface area (Å²) in [4.78, 5) is 25.0. The van der Waals surface area contributed by atoms with Gasteiger partial charge in [0.2, 0.25) is 5.91 Å². The molecule has 0 radical (unpaired) electrons. The quantitative estimate of drug-likeness (QED) is 0.390. The van der Waals surface area contributed by atoms with E-state index in [9.17, 15) is 18.0 Å². The minimum atomic E-state index is -4.09. The zero-order chi connectivity index (χ0) is 25.4. The summed E-state index contributed by atoms with van der Waals surface area (Å²) >= 11 is 6.08. The molecule has 0 bridgehead atoms. The van der Waals surface area contributed by atoms with Crippen molar-refractivity contribution in [2.45, 2.75) is 18.7 Å². The standard InChI is InChI=1S/C25H25ClN2O6S/c1-3-33-20-11-13-21(14-12-20)35(31,32)28(19-8-6-5-7-9-19)17-24(29)27-18-10-15-23(26)22(16-18)25(30)34-4-2/h5-16H,3-4,17H2,1-2H3,(H,27,29). The molecule has 0 saturated carbocycles. The third kappa shape index (κ3) is 6.52. The Morgan fingerprint density at radius 3 is 2.26 bits per heavy atom. The van der Waals surface area contributed by atoms with Crippen LogP contribution in [0.4, 0.5) is 11.4 Å². The lowest BCUT2D eigenvalue weighted by Gasteiger charge is -2.24. The highest BCUT2D eigenvalue weighted by Gasteiger charge is 2.27. The van der Waals surface area contributed by atoms with Gasteiger partial charge in [0.1, 0.15) is 12.3 Å². The molecule has 0 aliphatic heterocycles. The van der Waals surface area contributed by atoms with Gasteiger partial charge >= 0.3 is 5.97 Å². The fraction of sp³-hybridized carbons (Fsp3) is 0.200. The molecule has 35 heavy (non-hydrogen) atoms. The summed E-state index contributed by atoms with van der Waals surface area (Å²) in [7, 11) is -4.09. The number of nitrogens with zero attached hydrogens (tertiary/aromatic N) is 1. The molecule has 184 valence electrons. The molecule has 10 heteroatoms. The zero-order valence-corrected chi connectivity index (χ0v) is 20.8. The number of sulfonamides is 1. The van der Waals surface area contributed by atoms with Crippen LogP contribution in [0.15, 0.2) is 77.7 Å². The molecule has 1 amide bonds. The number of rotatable bonds is 10. The van der Waals surface area contributed by atoms with Crippen LogP contribution < -0.4 is 14.4 Å². The van der Waals surface area contributed by atoms with E-state index >= 15 is 0 Å². The summed E-state index contributed by atoms with van der Waals surface area (Å²) in [6.45, 7) is 3.61. The van der Waals surface area contributed by atoms with Gasteiger partial charge in [0.05, 0.1) is 34.4 Å². The Bertz CT molecular complexity index is 1280. The topological polar surface area (TPSA) is 102 Å². The molecule has 0 heterocycles. The normalized spacial score (nSPS) is 10.9. The van der Waals surface area contributed by atoms with E-state index in [0.717, 1.165) is 4.31 Å². The van der Waals surface area contributed by atoms with Gasteiger partial charge in [-0.25, -0.2) is 13.2 Å². The van der Waals surface area contributed by atoms with Crippen molar-refractivity contribution in [2.75, 3.05) is 29.4 Å². The molecule has 0 spiro atoms. The predicted octanol–water partition coefficient (Wildman–Crippen LogP) is 4.75. The van der Waals surface area contributed by atoms with Crippen molar-refractivity contribution >= 4 is 44.9 Å². The Hall–Kier alpha value is -3.56. The molecule has 1 N–H and O–H groups in total. The van der Waals surface area contributed by atoms with Gasteiger partial charge in [0.15, 0.2) is 0 Å². The van der Waals surface area contributed by atoms with E-state index in [1.165, 1.54) is 30.3 Å². The number of carbonyl (C=O) groups excluding carboxylic acids is 2. The molecular formula is C25H25ClN2O6S. The molecule has 0 unspecified atom stereocenters. The molecule has 0 aliphatic carbocycles. The lowest BCUT2D eigenvalue weighted by molar-refractivity contribution is -0.114. The van der Waals surface area contributed by atoms with Crippen LogP contribution in [-0.2, 0) is 19.6 Å². The number of amides is 1. The highest BCUT2D eigenvalue weighted by atomic mass is 35.5. The molecule has 0 aliphatic rings. The van der Waals surface area contributed by atoms with Crippen molar-refractivity contribution in [2.24, 2.45) is 0 Å². The van der Waals surface area contributed by atoms with Crippen molar-refractivity contribution in [3.63, 3.8) is 0 Å². The van der Waals surface area contributed by atoms with Gasteiger partial charge in [-0.05, 0) is 68.4 Å². The number of hydrogen-bond acceptors (Lipinski definition) is 6. The minimum Gasteiger partial charge on any atom is -0.494 e. The first-order valence-corrected chi connectivity index (χ1v) is 12.6. The lowest BCUT2D eigenvalue weighted by Crippen LogP contribution is -2.38. The van der Waals surface area contributed by atoms with Gasteiger partial charge in [0.25, 0.3) is 10.0 Å². The number of ether oxygens (including phenoxy) is 2. The molecule has 3 aromatic rings. The van der Waals surface area contributed by atoms with Crippen molar-refractivity contribution < 1.29 is 27.5 Å². The van der Waals surface area contributed by atoms with E-state index in [2.05, 4.69) is 5.32 Å². The first-order chi connectivity index (χ1) is 16.8. The number of anilines is 2. The van der Waals surface area contributed by atoms with E-state index < -0.39 is 28.4 Å². The van der Waals surface area contributed by atoms with Crippen LogP contribution in [0.2, 0.25) is 5.02 Å². The predicted molar refractivity (Wildman–Crippen MR) is 135 cm³/mol. The maximum Gasteiger partial charge on any atom is 0.339 e. The van der Waals surface area contributed by atoms with Crippen LogP contribution in [0.3, 0.4) is 0 Å². The number of para-hydroxylation sites is 1. The van der Waals surface area contributed by atoms with Gasteiger partial charge < -0.3 is 14.8 Å². The second-order valence-corrected chi connectivity index (χ2v) is 9.48. The van der Waals surface area contributed by atoms with Crippen LogP contribution in [0.5, 0.6) is 5.75 Å². The first-order valence-electron chi connectivity index (χ1n) is 10.8. The van der Waals surface area contributed by atoms with E-state index in [-0.39, 0.29) is 27.8 Å². The van der Waals surface area contributed by atoms with Crippen molar-refractivity contribution in [1.29, 1.82) is 0 Å². The Morgan fingerprint density at radius 1 is 0.943 bits per heavy atom. The average Bonchev–Trinajstić information content (AvgIpc) is 2.85. The van der Waals surface area contributed by atoms with E-state index in [1.54, 1.807) is 49.4 Å². The Balaban J connectivity index is 1.87. The highest BCUT2D eigenvalue weighted by molar-refractivity contribution is 7.92. The molecule has 0 saturated heterocycles. The molecule has 0 atom stereocenters. The van der Waals surface area contributed by atoms with Crippen molar-refractivity contribution in [1.82, 2.24) is 0 Å². The Kier molecular flexibility index (Phi) is 8.73. The summed E-state index contributed by atoms with van der Waals surface area (Å²) in [5.74, 6) is -0.700. The average molecular weight is 517 g/mol. The molecule has 8 nitrogen and oxygen atoms in total. The summed E-state index contributed by atoms with van der Waals surface area (Å²) < 4.78 is 38.3. The maximum atomic E-state index is 13.5. The largest absolute Gasteiger partial charge is 0.494 e. The van der Waals surface area contributed by atoms with Crippen LogP contribution in [0, 0.1) is 0 Å². The molecule has 0 aromatic heterocycles. The highest BCUT2D eigenvalue weighted by Crippen LogP contribution is 2.26. The third-order valence-electron chi connectivity index (χ3n) is 4.80. The monoisotopic (exact) mass is 516 g/mol. The summed E-state index contributed by atoms with van der Waals surface area (Å²) in [5.41, 5.74) is 0.682. The lowest BCUT2D eigenvalue weighted by atomic mass is 10.2. The second kappa shape index (κ2) is 11.7. The molecule has 3 rings (SSSR count). The Morgan fingerprint density at radius 2 is 1.63 bits per heavy atom.